The lowest BCUT2D eigenvalue weighted by molar-refractivity contribution is -0.0461. The van der Waals surface area contributed by atoms with Crippen molar-refractivity contribution < 1.29 is 18.7 Å². The molecule has 0 unspecified atom stereocenters. The SMILES string of the molecule is Cc1nc(-c2ccsc2)sc1C(=O)NCC(F)(F)CO. The van der Waals surface area contributed by atoms with E-state index in [1.54, 1.807) is 6.92 Å². The second-order valence-corrected chi connectivity index (χ2v) is 5.92. The van der Waals surface area contributed by atoms with Crippen molar-refractivity contribution in [1.29, 1.82) is 0 Å². The van der Waals surface area contributed by atoms with Crippen molar-refractivity contribution in [3.8, 4) is 10.6 Å². The molecule has 2 aromatic rings. The quantitative estimate of drug-likeness (QED) is 0.890. The Hall–Kier alpha value is -1.38. The predicted molar refractivity (Wildman–Crippen MR) is 74.5 cm³/mol. The zero-order valence-corrected chi connectivity index (χ0v) is 12.2. The lowest BCUT2D eigenvalue weighted by atomic mass is 10.3. The van der Waals surface area contributed by atoms with E-state index in [2.05, 4.69) is 10.3 Å². The number of nitrogens with zero attached hydrogens (tertiary/aromatic N) is 1. The summed E-state index contributed by atoms with van der Waals surface area (Å²) in [6.45, 7) is -0.534. The highest BCUT2D eigenvalue weighted by Crippen LogP contribution is 2.29. The average molecular weight is 318 g/mol. The summed E-state index contributed by atoms with van der Waals surface area (Å²) >= 11 is 2.67. The van der Waals surface area contributed by atoms with Crippen LogP contribution in [0.1, 0.15) is 15.4 Å². The molecule has 2 N–H and O–H groups in total. The third kappa shape index (κ3) is 3.38. The van der Waals surface area contributed by atoms with Crippen LogP contribution in [-0.2, 0) is 0 Å². The van der Waals surface area contributed by atoms with Crippen LogP contribution in [0.25, 0.3) is 10.6 Å². The molecule has 0 spiro atoms. The number of aryl methyl sites for hydroxylation is 1. The van der Waals surface area contributed by atoms with Crippen molar-refractivity contribution in [2.24, 2.45) is 0 Å². The molecule has 20 heavy (non-hydrogen) atoms. The fourth-order valence-corrected chi connectivity index (χ4v) is 3.16. The molecule has 4 nitrogen and oxygen atoms in total. The summed E-state index contributed by atoms with van der Waals surface area (Å²) in [6.07, 6.45) is 0. The van der Waals surface area contributed by atoms with E-state index in [1.165, 1.54) is 11.3 Å². The number of hydrogen-bond acceptors (Lipinski definition) is 5. The molecule has 0 bridgehead atoms. The maximum atomic E-state index is 12.9. The molecule has 108 valence electrons. The monoisotopic (exact) mass is 318 g/mol. The average Bonchev–Trinajstić information content (AvgIpc) is 3.05. The van der Waals surface area contributed by atoms with Crippen molar-refractivity contribution in [1.82, 2.24) is 10.3 Å². The normalized spacial score (nSPS) is 11.6. The van der Waals surface area contributed by atoms with Crippen molar-refractivity contribution in [3.05, 3.63) is 27.4 Å². The van der Waals surface area contributed by atoms with Crippen LogP contribution < -0.4 is 5.32 Å². The van der Waals surface area contributed by atoms with Gasteiger partial charge in [0.25, 0.3) is 11.8 Å². The number of halogens is 2. The first-order valence-corrected chi connectivity index (χ1v) is 7.46. The van der Waals surface area contributed by atoms with Gasteiger partial charge < -0.3 is 10.4 Å². The first-order chi connectivity index (χ1) is 9.43. The molecule has 2 rings (SSSR count). The van der Waals surface area contributed by atoms with E-state index in [9.17, 15) is 13.6 Å². The molecule has 0 radical (unpaired) electrons. The van der Waals surface area contributed by atoms with Gasteiger partial charge in [-0.05, 0) is 18.4 Å². The lowest BCUT2D eigenvalue weighted by Crippen LogP contribution is -2.38. The van der Waals surface area contributed by atoms with Gasteiger partial charge in [-0.3, -0.25) is 4.79 Å². The van der Waals surface area contributed by atoms with E-state index in [1.807, 2.05) is 16.8 Å². The Morgan fingerprint density at radius 2 is 2.30 bits per heavy atom. The minimum Gasteiger partial charge on any atom is -0.390 e. The van der Waals surface area contributed by atoms with E-state index >= 15 is 0 Å². The maximum absolute atomic E-state index is 12.9. The Morgan fingerprint density at radius 3 is 2.90 bits per heavy atom. The Labute approximate surface area is 122 Å². The van der Waals surface area contributed by atoms with Crippen LogP contribution in [0, 0.1) is 6.92 Å². The van der Waals surface area contributed by atoms with Crippen molar-refractivity contribution >= 4 is 28.6 Å². The predicted octanol–water partition coefficient (Wildman–Crippen LogP) is 2.54. The van der Waals surface area contributed by atoms with E-state index in [4.69, 9.17) is 5.11 Å². The number of nitrogens with one attached hydrogen (secondary N) is 1. The summed E-state index contributed by atoms with van der Waals surface area (Å²) in [6, 6.07) is 1.88. The number of aromatic nitrogens is 1. The highest BCUT2D eigenvalue weighted by molar-refractivity contribution is 7.17. The van der Waals surface area contributed by atoms with E-state index in [-0.39, 0.29) is 0 Å². The molecule has 0 aromatic carbocycles. The molecule has 0 aliphatic carbocycles. The van der Waals surface area contributed by atoms with Gasteiger partial charge in [0.05, 0.1) is 12.2 Å². The van der Waals surface area contributed by atoms with Crippen LogP contribution in [0.2, 0.25) is 0 Å². The van der Waals surface area contributed by atoms with Gasteiger partial charge in [0, 0.05) is 10.9 Å². The molecule has 1 amide bonds. The van der Waals surface area contributed by atoms with Gasteiger partial charge in [0.2, 0.25) is 0 Å². The van der Waals surface area contributed by atoms with Crippen LogP contribution in [0.15, 0.2) is 16.8 Å². The number of hydrogen-bond donors (Lipinski definition) is 2. The number of aliphatic hydroxyl groups is 1. The molecule has 0 atom stereocenters. The number of carbonyl (C=O) groups is 1. The van der Waals surface area contributed by atoms with Crippen molar-refractivity contribution in [2.45, 2.75) is 12.8 Å². The van der Waals surface area contributed by atoms with Crippen molar-refractivity contribution in [3.63, 3.8) is 0 Å². The molecular weight excluding hydrogens is 306 g/mol. The molecule has 0 aliphatic rings. The number of amides is 1. The fraction of sp³-hybridized carbons (Fsp3) is 0.333. The number of thiophene rings is 1. The van der Waals surface area contributed by atoms with Gasteiger partial charge in [-0.1, -0.05) is 0 Å². The van der Waals surface area contributed by atoms with E-state index in [0.29, 0.717) is 15.6 Å². The number of carbonyl (C=O) groups excluding carboxylic acids is 1. The van der Waals surface area contributed by atoms with E-state index in [0.717, 1.165) is 16.9 Å². The fourth-order valence-electron chi connectivity index (χ4n) is 1.46. The lowest BCUT2D eigenvalue weighted by Gasteiger charge is -2.13. The van der Waals surface area contributed by atoms with Crippen LogP contribution in [0.3, 0.4) is 0 Å². The third-order valence-corrected chi connectivity index (χ3v) is 4.40. The van der Waals surface area contributed by atoms with Gasteiger partial charge in [-0.25, -0.2) is 13.8 Å². The standard InChI is InChI=1S/C12H12F2N2O2S2/c1-7-9(10(18)15-5-12(13,14)6-17)20-11(16-7)8-2-3-19-4-8/h2-4,17H,5-6H2,1H3,(H,15,18). The molecule has 0 saturated heterocycles. The molecule has 0 saturated carbocycles. The Morgan fingerprint density at radius 1 is 1.55 bits per heavy atom. The third-order valence-electron chi connectivity index (χ3n) is 2.51. The molecule has 8 heteroatoms. The highest BCUT2D eigenvalue weighted by Gasteiger charge is 2.29. The summed E-state index contributed by atoms with van der Waals surface area (Å²) in [5.41, 5.74) is 1.41. The summed E-state index contributed by atoms with van der Waals surface area (Å²) in [7, 11) is 0. The summed E-state index contributed by atoms with van der Waals surface area (Å²) in [5.74, 6) is -3.92. The van der Waals surface area contributed by atoms with Crippen molar-refractivity contribution in [2.75, 3.05) is 13.2 Å². The molecule has 2 heterocycles. The largest absolute Gasteiger partial charge is 0.390 e. The van der Waals surface area contributed by atoms with Gasteiger partial charge in [-0.2, -0.15) is 11.3 Å². The second-order valence-electron chi connectivity index (χ2n) is 4.14. The zero-order valence-electron chi connectivity index (χ0n) is 10.5. The molecule has 0 aliphatic heterocycles. The van der Waals surface area contributed by atoms with Crippen LogP contribution >= 0.6 is 22.7 Å². The number of alkyl halides is 2. The Balaban J connectivity index is 2.11. The Bertz CT molecular complexity index is 597. The first kappa shape index (κ1) is 15.0. The number of aliphatic hydroxyl groups excluding tert-OH is 1. The maximum Gasteiger partial charge on any atom is 0.287 e. The molecule has 2 aromatic heterocycles. The smallest absolute Gasteiger partial charge is 0.287 e. The van der Waals surface area contributed by atoms with Crippen LogP contribution in [0.5, 0.6) is 0 Å². The summed E-state index contributed by atoms with van der Waals surface area (Å²) in [5, 5.41) is 15.0. The first-order valence-electron chi connectivity index (χ1n) is 5.70. The van der Waals surface area contributed by atoms with Crippen LogP contribution in [-0.4, -0.2) is 35.1 Å². The molecule has 0 fully saturated rings. The minimum atomic E-state index is -3.32. The molecular formula is C12H12F2N2O2S2. The van der Waals surface area contributed by atoms with E-state index < -0.39 is 25.0 Å². The topological polar surface area (TPSA) is 62.2 Å². The second kappa shape index (κ2) is 5.94. The summed E-state index contributed by atoms with van der Waals surface area (Å²) in [4.78, 5) is 16.4. The zero-order chi connectivity index (χ0) is 14.8. The summed E-state index contributed by atoms with van der Waals surface area (Å²) < 4.78 is 25.8. The number of thiazole rings is 1. The minimum absolute atomic E-state index is 0.305. The van der Waals surface area contributed by atoms with Crippen LogP contribution in [0.4, 0.5) is 8.78 Å². The van der Waals surface area contributed by atoms with Gasteiger partial charge in [0.1, 0.15) is 16.5 Å². The Kier molecular flexibility index (Phi) is 4.46. The number of rotatable bonds is 5. The van der Waals surface area contributed by atoms with Gasteiger partial charge >= 0.3 is 0 Å². The van der Waals surface area contributed by atoms with Gasteiger partial charge in [0.15, 0.2) is 0 Å². The highest BCUT2D eigenvalue weighted by atomic mass is 32.1. The van der Waals surface area contributed by atoms with Gasteiger partial charge in [-0.15, -0.1) is 11.3 Å².